The van der Waals surface area contributed by atoms with E-state index >= 15 is 0 Å². The minimum atomic E-state index is -1.19. The second-order valence-electron chi connectivity index (χ2n) is 16.5. The zero-order valence-electron chi connectivity index (χ0n) is 39.9. The number of carboxylic acids is 4. The second-order valence-corrected chi connectivity index (χ2v) is 16.5. The molecule has 70 heavy (non-hydrogen) atoms. The molecule has 4 aliphatic rings. The molecule has 2 aliphatic heterocycles. The van der Waals surface area contributed by atoms with Gasteiger partial charge in [-0.25, -0.2) is 29.2 Å². The lowest BCUT2D eigenvalue weighted by atomic mass is 9.88. The van der Waals surface area contributed by atoms with Gasteiger partial charge in [0.1, 0.15) is 35.8 Å². The SMILES string of the molecule is CCNc1cc2oc3cc(=[NH+]CC)c(C)cc-3c(-c3cc(C(=O)O)ccc3C(=O)O)c2cc1C.CCNc1cc2oc3cc(=[NH+]CC)c(C)cc-3c(-c3ccc(C(=O)O)cc3C(=O)O)c2cc1C.[Cl-].[Cl-]. The summed E-state index contributed by atoms with van der Waals surface area (Å²) >= 11 is 0. The van der Waals surface area contributed by atoms with E-state index in [1.54, 1.807) is 6.07 Å². The molecule has 0 aromatic heterocycles. The Bertz CT molecular complexity index is 3430. The maximum absolute atomic E-state index is 12.2. The summed E-state index contributed by atoms with van der Waals surface area (Å²) in [5, 5.41) is 48.9. The van der Waals surface area contributed by atoms with Gasteiger partial charge in [-0.2, -0.15) is 0 Å². The lowest BCUT2D eigenvalue weighted by Gasteiger charge is -2.19. The Morgan fingerprint density at radius 1 is 0.471 bits per heavy atom. The Labute approximate surface area is 416 Å². The van der Waals surface area contributed by atoms with Crippen molar-refractivity contribution < 1.29 is 83.2 Å². The maximum atomic E-state index is 12.2. The van der Waals surface area contributed by atoms with E-state index in [2.05, 4.69) is 20.6 Å². The van der Waals surface area contributed by atoms with Crippen molar-refractivity contribution in [2.24, 2.45) is 0 Å². The molecule has 8 rings (SSSR count). The molecule has 2 heterocycles. The summed E-state index contributed by atoms with van der Waals surface area (Å²) in [5.74, 6) is -3.44. The molecule has 2 aliphatic carbocycles. The van der Waals surface area contributed by atoms with Gasteiger partial charge < -0.3 is 64.7 Å². The largest absolute Gasteiger partial charge is 1.00 e. The van der Waals surface area contributed by atoms with E-state index < -0.39 is 23.9 Å². The van der Waals surface area contributed by atoms with Crippen molar-refractivity contribution in [1.29, 1.82) is 0 Å². The van der Waals surface area contributed by atoms with Crippen molar-refractivity contribution >= 4 is 57.2 Å². The van der Waals surface area contributed by atoms with Gasteiger partial charge in [-0.3, -0.25) is 0 Å². The van der Waals surface area contributed by atoms with Crippen molar-refractivity contribution in [3.05, 3.63) is 140 Å². The van der Waals surface area contributed by atoms with Crippen molar-refractivity contribution in [3.63, 3.8) is 0 Å². The Morgan fingerprint density at radius 2 is 0.900 bits per heavy atom. The number of carboxylic acid groups (broad SMARTS) is 4. The molecular formula is C54H54Cl2N4O10. The smallest absolute Gasteiger partial charge is 0.336 e. The fourth-order valence-electron chi connectivity index (χ4n) is 8.65. The molecule has 16 heteroatoms. The second kappa shape index (κ2) is 22.2. The first-order valence-corrected chi connectivity index (χ1v) is 22.4. The van der Waals surface area contributed by atoms with Crippen LogP contribution < -0.4 is 56.1 Å². The van der Waals surface area contributed by atoms with Crippen molar-refractivity contribution in [2.75, 3.05) is 36.8 Å². The van der Waals surface area contributed by atoms with Crippen molar-refractivity contribution in [2.45, 2.75) is 55.4 Å². The van der Waals surface area contributed by atoms with E-state index in [0.717, 1.165) is 81.5 Å². The Kier molecular flexibility index (Phi) is 16.9. The molecular weight excluding hydrogens is 936 g/mol. The van der Waals surface area contributed by atoms with E-state index in [0.29, 0.717) is 55.9 Å². The first-order valence-electron chi connectivity index (χ1n) is 22.4. The molecule has 0 spiro atoms. The number of rotatable bonds is 12. The number of aryl methyl sites for hydroxylation is 4. The summed E-state index contributed by atoms with van der Waals surface area (Å²) in [6.07, 6.45) is 0. The number of hydrogen-bond donors (Lipinski definition) is 8. The average molecular weight is 990 g/mol. The highest BCUT2D eigenvalue weighted by molar-refractivity contribution is 6.11. The minimum Gasteiger partial charge on any atom is -1.00 e. The predicted octanol–water partition coefficient (Wildman–Crippen LogP) is 1.31. The normalized spacial score (nSPS) is 11.5. The van der Waals surface area contributed by atoms with Gasteiger partial charge in [-0.1, -0.05) is 6.07 Å². The van der Waals surface area contributed by atoms with Crippen LogP contribution >= 0.6 is 0 Å². The van der Waals surface area contributed by atoms with Crippen LogP contribution in [0.15, 0.2) is 93.8 Å². The molecule has 14 nitrogen and oxygen atoms in total. The summed E-state index contributed by atoms with van der Waals surface area (Å²) < 4.78 is 12.7. The maximum Gasteiger partial charge on any atom is 0.336 e. The molecule has 0 atom stereocenters. The van der Waals surface area contributed by atoms with Crippen LogP contribution in [-0.4, -0.2) is 70.5 Å². The van der Waals surface area contributed by atoms with Crippen LogP contribution in [0.3, 0.4) is 0 Å². The molecule has 4 aromatic carbocycles. The van der Waals surface area contributed by atoms with E-state index in [4.69, 9.17) is 8.83 Å². The number of nitrogens with one attached hydrogen (secondary N) is 4. The first-order chi connectivity index (χ1) is 32.5. The standard InChI is InChI=1S/2C27H26N2O5.2ClH/c1-5-28-21-12-23-19(9-14(21)3)25(18-11-16(26(30)31)7-8-17(18)27(32)33)20-10-15(4)22(29-6-2)13-24(20)34-23;1-5-28-21-12-23-19(9-14(21)3)25(17-8-7-16(26(30)31)11-18(17)27(32)33)20-10-15(4)22(29-6-2)13-24(20)34-23;;/h2*7-13,28H,5-6H2,1-4H3,(H,30,31)(H,32,33);2*1H. The zero-order valence-corrected chi connectivity index (χ0v) is 41.4. The summed E-state index contributed by atoms with van der Waals surface area (Å²) in [4.78, 5) is 54.3. The lowest BCUT2D eigenvalue weighted by Crippen LogP contribution is -3.00. The number of fused-ring (bicyclic) bond motifs is 4. The average Bonchev–Trinajstić information content (AvgIpc) is 3.29. The Balaban J connectivity index is 0.000000254. The van der Waals surface area contributed by atoms with Crippen LogP contribution in [0.4, 0.5) is 11.4 Å². The van der Waals surface area contributed by atoms with Crippen LogP contribution in [0.1, 0.15) is 91.4 Å². The Hall–Kier alpha value is -7.68. The van der Waals surface area contributed by atoms with Gasteiger partial charge in [0.15, 0.2) is 0 Å². The fraction of sp³-hybridized carbons (Fsp3) is 0.222. The van der Waals surface area contributed by atoms with Crippen LogP contribution in [0.5, 0.6) is 0 Å². The van der Waals surface area contributed by atoms with Gasteiger partial charge in [0.2, 0.25) is 10.7 Å². The van der Waals surface area contributed by atoms with Gasteiger partial charge in [0, 0.05) is 80.8 Å². The third-order valence-corrected chi connectivity index (χ3v) is 11.8. The van der Waals surface area contributed by atoms with Crippen LogP contribution in [-0.2, 0) is 0 Å². The van der Waals surface area contributed by atoms with Crippen LogP contribution in [0.25, 0.3) is 66.8 Å². The van der Waals surface area contributed by atoms with E-state index in [1.165, 1.54) is 30.3 Å². The van der Waals surface area contributed by atoms with Crippen LogP contribution in [0.2, 0.25) is 0 Å². The third kappa shape index (κ3) is 10.5. The highest BCUT2D eigenvalue weighted by Crippen LogP contribution is 2.45. The number of halogens is 2. The number of anilines is 2. The highest BCUT2D eigenvalue weighted by Gasteiger charge is 2.27. The topological polar surface area (TPSA) is 227 Å². The minimum absolute atomic E-state index is 0. The molecule has 0 unspecified atom stereocenters. The van der Waals surface area contributed by atoms with Gasteiger partial charge in [-0.05, 0) is 132 Å². The first kappa shape index (κ1) is 53.3. The number of carbonyl (C=O) groups is 4. The molecule has 8 N–H and O–H groups in total. The van der Waals surface area contributed by atoms with Gasteiger partial charge in [0.05, 0.1) is 34.4 Å². The van der Waals surface area contributed by atoms with Gasteiger partial charge in [0.25, 0.3) is 0 Å². The summed E-state index contributed by atoms with van der Waals surface area (Å²) in [6, 6.07) is 23.9. The van der Waals surface area contributed by atoms with E-state index in [-0.39, 0.29) is 47.1 Å². The van der Waals surface area contributed by atoms with Crippen molar-refractivity contribution in [3.8, 4) is 44.9 Å². The molecule has 0 saturated carbocycles. The fourth-order valence-corrected chi connectivity index (χ4v) is 8.65. The third-order valence-electron chi connectivity index (χ3n) is 11.8. The number of hydrogen-bond acceptors (Lipinski definition) is 8. The molecule has 0 saturated heterocycles. The predicted molar refractivity (Wildman–Crippen MR) is 261 cm³/mol. The van der Waals surface area contributed by atoms with E-state index in [9.17, 15) is 39.6 Å². The molecule has 0 bridgehead atoms. The molecule has 0 fully saturated rings. The monoisotopic (exact) mass is 988 g/mol. The van der Waals surface area contributed by atoms with Crippen LogP contribution in [0, 0.1) is 27.7 Å². The molecule has 364 valence electrons. The number of aromatic carboxylic acids is 4. The quantitative estimate of drug-likeness (QED) is 0.0812. The summed E-state index contributed by atoms with van der Waals surface area (Å²) in [7, 11) is 0. The van der Waals surface area contributed by atoms with Crippen molar-refractivity contribution in [1.82, 2.24) is 0 Å². The number of benzene rings is 6. The zero-order chi connectivity index (χ0) is 49.1. The van der Waals surface area contributed by atoms with E-state index in [1.807, 2.05) is 104 Å². The Morgan fingerprint density at radius 3 is 1.31 bits per heavy atom. The lowest BCUT2D eigenvalue weighted by molar-refractivity contribution is -0.496. The van der Waals surface area contributed by atoms with Gasteiger partial charge in [-0.15, -0.1) is 0 Å². The molecule has 4 aromatic rings. The summed E-state index contributed by atoms with van der Waals surface area (Å²) in [5.41, 5.74) is 10.4. The highest BCUT2D eigenvalue weighted by atomic mass is 35.5. The molecule has 0 amide bonds. The van der Waals surface area contributed by atoms with Gasteiger partial charge >= 0.3 is 23.9 Å². The molecule has 0 radical (unpaired) electrons. The summed E-state index contributed by atoms with van der Waals surface area (Å²) in [6.45, 7) is 18.9.